The number of amides is 2. The van der Waals surface area contributed by atoms with Crippen LogP contribution in [0.2, 0.25) is 0 Å². The molecule has 0 heterocycles. The van der Waals surface area contributed by atoms with Crippen molar-refractivity contribution in [2.45, 2.75) is 19.8 Å². The number of halogens is 1. The highest BCUT2D eigenvalue weighted by atomic mass is 19.1. The van der Waals surface area contributed by atoms with Crippen molar-refractivity contribution in [3.05, 3.63) is 101 Å². The summed E-state index contributed by atoms with van der Waals surface area (Å²) in [7, 11) is 0. The third kappa shape index (κ3) is 5.54. The van der Waals surface area contributed by atoms with E-state index in [-0.39, 0.29) is 17.6 Å². The van der Waals surface area contributed by atoms with Crippen molar-refractivity contribution in [1.29, 1.82) is 0 Å². The minimum atomic E-state index is -0.354. The Morgan fingerprint density at radius 1 is 0.867 bits per heavy atom. The van der Waals surface area contributed by atoms with Gasteiger partial charge in [-0.25, -0.2) is 4.39 Å². The van der Waals surface area contributed by atoms with E-state index in [1.54, 1.807) is 41.3 Å². The summed E-state index contributed by atoms with van der Waals surface area (Å²) < 4.78 is 13.3. The lowest BCUT2D eigenvalue weighted by molar-refractivity contribution is 0.0953. The van der Waals surface area contributed by atoms with Gasteiger partial charge in [-0.15, -0.1) is 0 Å². The van der Waals surface area contributed by atoms with Crippen molar-refractivity contribution in [2.24, 2.45) is 0 Å². The van der Waals surface area contributed by atoms with E-state index in [0.717, 1.165) is 6.42 Å². The topological polar surface area (TPSA) is 49.4 Å². The molecule has 3 rings (SSSR count). The van der Waals surface area contributed by atoms with Crippen LogP contribution in [-0.4, -0.2) is 24.9 Å². The Balaban J connectivity index is 1.62. The Morgan fingerprint density at radius 2 is 1.53 bits per heavy atom. The van der Waals surface area contributed by atoms with E-state index >= 15 is 0 Å². The number of nitrogens with zero attached hydrogens (tertiary/aromatic N) is 1. The molecule has 0 fully saturated rings. The molecule has 0 saturated carbocycles. The van der Waals surface area contributed by atoms with Crippen molar-refractivity contribution in [3.8, 4) is 0 Å². The molecule has 2 amide bonds. The first kappa shape index (κ1) is 21.2. The highest BCUT2D eigenvalue weighted by Crippen LogP contribution is 2.18. The van der Waals surface area contributed by atoms with Gasteiger partial charge in [0.25, 0.3) is 11.8 Å². The molecule has 0 aliphatic rings. The first-order valence-corrected chi connectivity index (χ1v) is 10.1. The van der Waals surface area contributed by atoms with Crippen LogP contribution < -0.4 is 10.2 Å². The number of hydrogen-bond acceptors (Lipinski definition) is 2. The lowest BCUT2D eigenvalue weighted by atomic mass is 10.1. The normalized spacial score (nSPS) is 10.5. The Bertz CT molecular complexity index is 970. The van der Waals surface area contributed by atoms with E-state index in [1.165, 1.54) is 17.7 Å². The lowest BCUT2D eigenvalue weighted by Crippen LogP contribution is -2.34. The summed E-state index contributed by atoms with van der Waals surface area (Å²) in [5.41, 5.74) is 2.97. The molecule has 3 aromatic rings. The number of hydrogen-bond donors (Lipinski definition) is 1. The second kappa shape index (κ2) is 10.3. The van der Waals surface area contributed by atoms with Gasteiger partial charge in [0.05, 0.1) is 0 Å². The number of aryl methyl sites for hydroxylation is 1. The molecular weight excluding hydrogens is 379 g/mol. The summed E-state index contributed by atoms with van der Waals surface area (Å²) in [4.78, 5) is 26.9. The quantitative estimate of drug-likeness (QED) is 0.546. The van der Waals surface area contributed by atoms with Gasteiger partial charge in [0.15, 0.2) is 0 Å². The van der Waals surface area contributed by atoms with Crippen molar-refractivity contribution in [3.63, 3.8) is 0 Å². The monoisotopic (exact) mass is 404 g/mol. The zero-order valence-electron chi connectivity index (χ0n) is 17.0. The van der Waals surface area contributed by atoms with E-state index in [2.05, 4.69) is 12.2 Å². The van der Waals surface area contributed by atoms with Gasteiger partial charge in [0.2, 0.25) is 0 Å². The molecule has 0 unspecified atom stereocenters. The van der Waals surface area contributed by atoms with Gasteiger partial charge in [-0.3, -0.25) is 9.59 Å². The van der Waals surface area contributed by atoms with Crippen LogP contribution in [0.15, 0.2) is 78.9 Å². The highest BCUT2D eigenvalue weighted by Gasteiger charge is 2.17. The van der Waals surface area contributed by atoms with Crippen LogP contribution in [0.25, 0.3) is 0 Å². The van der Waals surface area contributed by atoms with Gasteiger partial charge < -0.3 is 10.2 Å². The summed E-state index contributed by atoms with van der Waals surface area (Å²) in [6.45, 7) is 2.89. The molecule has 1 N–H and O–H groups in total. The lowest BCUT2D eigenvalue weighted by Gasteiger charge is -2.23. The SMILES string of the molecule is CCc1ccc(C(=O)NCCCN(C(=O)c2ccccc2)c2ccc(F)cc2)cc1. The van der Waals surface area contributed by atoms with Crippen molar-refractivity contribution < 1.29 is 14.0 Å². The van der Waals surface area contributed by atoms with Crippen molar-refractivity contribution in [2.75, 3.05) is 18.0 Å². The first-order chi connectivity index (χ1) is 14.6. The fourth-order valence-electron chi connectivity index (χ4n) is 3.14. The maximum Gasteiger partial charge on any atom is 0.258 e. The molecule has 154 valence electrons. The van der Waals surface area contributed by atoms with E-state index in [9.17, 15) is 14.0 Å². The van der Waals surface area contributed by atoms with Gasteiger partial charge >= 0.3 is 0 Å². The Kier molecular flexibility index (Phi) is 7.33. The molecular formula is C25H25FN2O2. The predicted molar refractivity (Wildman–Crippen MR) is 117 cm³/mol. The standard InChI is InChI=1S/C25H25FN2O2/c1-2-19-9-11-20(12-10-19)24(29)27-17-6-18-28(23-15-13-22(26)14-16-23)25(30)21-7-4-3-5-8-21/h3-5,7-16H,2,6,17-18H2,1H3,(H,27,29). The van der Waals surface area contributed by atoms with Gasteiger partial charge in [-0.05, 0) is 66.9 Å². The van der Waals surface area contributed by atoms with Crippen LogP contribution in [0.5, 0.6) is 0 Å². The molecule has 0 atom stereocenters. The third-order valence-corrected chi connectivity index (χ3v) is 4.87. The molecule has 0 aromatic heterocycles. The fraction of sp³-hybridized carbons (Fsp3) is 0.200. The largest absolute Gasteiger partial charge is 0.352 e. The molecule has 0 radical (unpaired) electrons. The minimum absolute atomic E-state index is 0.139. The second-order valence-corrected chi connectivity index (χ2v) is 6.96. The Hall–Kier alpha value is -3.47. The highest BCUT2D eigenvalue weighted by molar-refractivity contribution is 6.06. The van der Waals surface area contributed by atoms with Crippen molar-refractivity contribution >= 4 is 17.5 Å². The summed E-state index contributed by atoms with van der Waals surface area (Å²) in [5, 5.41) is 2.89. The van der Waals surface area contributed by atoms with Crippen LogP contribution in [-0.2, 0) is 6.42 Å². The number of nitrogens with one attached hydrogen (secondary N) is 1. The third-order valence-electron chi connectivity index (χ3n) is 4.87. The Labute approximate surface area is 176 Å². The summed E-state index contributed by atoms with van der Waals surface area (Å²) in [6, 6.07) is 22.3. The molecule has 0 aliphatic carbocycles. The summed E-state index contributed by atoms with van der Waals surface area (Å²) in [5.74, 6) is -0.656. The maximum absolute atomic E-state index is 13.3. The number of rotatable bonds is 8. The average Bonchev–Trinajstić information content (AvgIpc) is 2.80. The van der Waals surface area contributed by atoms with Gasteiger partial charge in [-0.2, -0.15) is 0 Å². The number of anilines is 1. The molecule has 3 aromatic carbocycles. The summed E-state index contributed by atoms with van der Waals surface area (Å²) in [6.07, 6.45) is 1.49. The Morgan fingerprint density at radius 3 is 2.17 bits per heavy atom. The van der Waals surface area contributed by atoms with Crippen molar-refractivity contribution in [1.82, 2.24) is 5.32 Å². The van der Waals surface area contributed by atoms with Crippen LogP contribution >= 0.6 is 0 Å². The van der Waals surface area contributed by atoms with E-state index in [0.29, 0.717) is 36.3 Å². The minimum Gasteiger partial charge on any atom is -0.352 e. The zero-order chi connectivity index (χ0) is 21.3. The molecule has 0 spiro atoms. The fourth-order valence-corrected chi connectivity index (χ4v) is 3.14. The molecule has 30 heavy (non-hydrogen) atoms. The van der Waals surface area contributed by atoms with E-state index in [1.807, 2.05) is 30.3 Å². The molecule has 5 heteroatoms. The number of benzene rings is 3. The van der Waals surface area contributed by atoms with Crippen LogP contribution in [0, 0.1) is 5.82 Å². The van der Waals surface area contributed by atoms with E-state index < -0.39 is 0 Å². The predicted octanol–water partition coefficient (Wildman–Crippen LogP) is 4.86. The molecule has 0 aliphatic heterocycles. The molecule has 0 saturated heterocycles. The maximum atomic E-state index is 13.3. The van der Waals surface area contributed by atoms with Gasteiger partial charge in [-0.1, -0.05) is 37.3 Å². The van der Waals surface area contributed by atoms with Gasteiger partial charge in [0.1, 0.15) is 5.82 Å². The summed E-state index contributed by atoms with van der Waals surface area (Å²) >= 11 is 0. The zero-order valence-corrected chi connectivity index (χ0v) is 17.0. The average molecular weight is 404 g/mol. The van der Waals surface area contributed by atoms with Crippen LogP contribution in [0.3, 0.4) is 0 Å². The molecule has 4 nitrogen and oxygen atoms in total. The molecule has 0 bridgehead atoms. The first-order valence-electron chi connectivity index (χ1n) is 10.1. The van der Waals surface area contributed by atoms with Gasteiger partial charge in [0, 0.05) is 29.9 Å². The number of carbonyl (C=O) groups excluding carboxylic acids is 2. The second-order valence-electron chi connectivity index (χ2n) is 6.96. The van der Waals surface area contributed by atoms with Crippen LogP contribution in [0.1, 0.15) is 39.6 Å². The van der Waals surface area contributed by atoms with Crippen LogP contribution in [0.4, 0.5) is 10.1 Å². The smallest absolute Gasteiger partial charge is 0.258 e. The van der Waals surface area contributed by atoms with E-state index in [4.69, 9.17) is 0 Å². The number of carbonyl (C=O) groups is 2.